The first-order valence-electron chi connectivity index (χ1n) is 3.91. The van der Waals surface area contributed by atoms with E-state index in [1.807, 2.05) is 0 Å². The molecule has 1 N–H and O–H groups in total. The quantitative estimate of drug-likeness (QED) is 0.785. The predicted octanol–water partition coefficient (Wildman–Crippen LogP) is 3.04. The van der Waals surface area contributed by atoms with Gasteiger partial charge in [-0.25, -0.2) is 4.39 Å². The van der Waals surface area contributed by atoms with Crippen LogP contribution >= 0.6 is 23.2 Å². The summed E-state index contributed by atoms with van der Waals surface area (Å²) in [5, 5.41) is 1.72. The van der Waals surface area contributed by atoms with Crippen molar-refractivity contribution < 1.29 is 9.18 Å². The van der Waals surface area contributed by atoms with Crippen molar-refractivity contribution in [3.05, 3.63) is 29.0 Å². The number of amides is 1. The molecule has 0 saturated carbocycles. The summed E-state index contributed by atoms with van der Waals surface area (Å²) in [6, 6.07) is 4.15. The van der Waals surface area contributed by atoms with E-state index in [1.54, 1.807) is 0 Å². The maximum atomic E-state index is 13.1. The van der Waals surface area contributed by atoms with Crippen LogP contribution in [0.3, 0.4) is 0 Å². The lowest BCUT2D eigenvalue weighted by Crippen LogP contribution is -2.21. The van der Waals surface area contributed by atoms with Crippen LogP contribution in [0, 0.1) is 5.82 Å². The van der Waals surface area contributed by atoms with Crippen LogP contribution in [0.5, 0.6) is 0 Å². The molecule has 0 aromatic heterocycles. The number of anilines is 1. The Bertz CT molecular complexity index is 334. The standard InChI is InChI=1S/C9H8Cl2FNO/c1-5(10)9(14)13-8-6(11)3-2-4-7(8)12/h2-5H,1H3,(H,13,14). The average molecular weight is 236 g/mol. The molecule has 1 aromatic carbocycles. The average Bonchev–Trinajstić information content (AvgIpc) is 2.11. The fourth-order valence-corrected chi connectivity index (χ4v) is 1.10. The van der Waals surface area contributed by atoms with Gasteiger partial charge in [0.1, 0.15) is 11.2 Å². The van der Waals surface area contributed by atoms with Crippen LogP contribution in [0.4, 0.5) is 10.1 Å². The minimum Gasteiger partial charge on any atom is -0.321 e. The van der Waals surface area contributed by atoms with E-state index in [0.717, 1.165) is 0 Å². The van der Waals surface area contributed by atoms with Crippen molar-refractivity contribution in [1.29, 1.82) is 0 Å². The molecule has 0 aliphatic carbocycles. The van der Waals surface area contributed by atoms with Crippen molar-refractivity contribution in [3.63, 3.8) is 0 Å². The molecule has 2 nitrogen and oxygen atoms in total. The lowest BCUT2D eigenvalue weighted by Gasteiger charge is -2.08. The molecule has 0 aliphatic heterocycles. The summed E-state index contributed by atoms with van der Waals surface area (Å²) in [4.78, 5) is 11.1. The zero-order valence-electron chi connectivity index (χ0n) is 7.35. The molecular weight excluding hydrogens is 228 g/mol. The molecule has 1 rings (SSSR count). The fraction of sp³-hybridized carbons (Fsp3) is 0.222. The summed E-state index contributed by atoms with van der Waals surface area (Å²) in [6.07, 6.45) is 0. The summed E-state index contributed by atoms with van der Waals surface area (Å²) in [5.74, 6) is -1.07. The molecule has 14 heavy (non-hydrogen) atoms. The maximum Gasteiger partial charge on any atom is 0.242 e. The Morgan fingerprint density at radius 3 is 2.71 bits per heavy atom. The van der Waals surface area contributed by atoms with Crippen LogP contribution < -0.4 is 5.32 Å². The van der Waals surface area contributed by atoms with Crippen LogP contribution in [-0.2, 0) is 4.79 Å². The third-order valence-electron chi connectivity index (χ3n) is 1.57. The smallest absolute Gasteiger partial charge is 0.242 e. The molecule has 0 bridgehead atoms. The number of hydrogen-bond donors (Lipinski definition) is 1. The number of rotatable bonds is 2. The SMILES string of the molecule is CC(Cl)C(=O)Nc1c(F)cccc1Cl. The highest BCUT2D eigenvalue weighted by Crippen LogP contribution is 2.24. The number of halogens is 3. The highest BCUT2D eigenvalue weighted by atomic mass is 35.5. The van der Waals surface area contributed by atoms with Gasteiger partial charge in [-0.1, -0.05) is 17.7 Å². The molecule has 0 spiro atoms. The van der Waals surface area contributed by atoms with Gasteiger partial charge in [0, 0.05) is 0 Å². The van der Waals surface area contributed by atoms with Gasteiger partial charge in [-0.3, -0.25) is 4.79 Å². The Morgan fingerprint density at radius 2 is 2.21 bits per heavy atom. The first kappa shape index (κ1) is 11.3. The monoisotopic (exact) mass is 235 g/mol. The van der Waals surface area contributed by atoms with Crippen LogP contribution in [0.15, 0.2) is 18.2 Å². The molecule has 0 aliphatic rings. The molecule has 1 unspecified atom stereocenters. The van der Waals surface area contributed by atoms with E-state index in [2.05, 4.69) is 5.32 Å². The summed E-state index contributed by atoms with van der Waals surface area (Å²) >= 11 is 11.2. The molecule has 1 amide bonds. The zero-order valence-corrected chi connectivity index (χ0v) is 8.86. The van der Waals surface area contributed by atoms with Gasteiger partial charge < -0.3 is 5.32 Å². The lowest BCUT2D eigenvalue weighted by atomic mass is 10.3. The predicted molar refractivity (Wildman–Crippen MR) is 55.4 cm³/mol. The second kappa shape index (κ2) is 4.62. The topological polar surface area (TPSA) is 29.1 Å². The van der Waals surface area contributed by atoms with E-state index in [0.29, 0.717) is 0 Å². The summed E-state index contributed by atoms with van der Waals surface area (Å²) in [6.45, 7) is 1.49. The number of nitrogens with one attached hydrogen (secondary N) is 1. The molecule has 0 radical (unpaired) electrons. The number of benzene rings is 1. The third-order valence-corrected chi connectivity index (χ3v) is 2.09. The molecule has 1 atom stereocenters. The molecule has 0 saturated heterocycles. The van der Waals surface area contributed by atoms with Gasteiger partial charge in [0.25, 0.3) is 0 Å². The van der Waals surface area contributed by atoms with Crippen molar-refractivity contribution in [1.82, 2.24) is 0 Å². The van der Waals surface area contributed by atoms with Gasteiger partial charge >= 0.3 is 0 Å². The van der Waals surface area contributed by atoms with E-state index in [9.17, 15) is 9.18 Å². The largest absolute Gasteiger partial charge is 0.321 e. The van der Waals surface area contributed by atoms with Gasteiger partial charge in [0.15, 0.2) is 0 Å². The third kappa shape index (κ3) is 2.59. The Morgan fingerprint density at radius 1 is 1.57 bits per heavy atom. The second-order valence-corrected chi connectivity index (χ2v) is 3.76. The van der Waals surface area contributed by atoms with Crippen LogP contribution in [0.1, 0.15) is 6.92 Å². The normalized spacial score (nSPS) is 12.3. The number of carbonyl (C=O) groups excluding carboxylic acids is 1. The summed E-state index contributed by atoms with van der Waals surface area (Å²) < 4.78 is 13.1. The minimum absolute atomic E-state index is 0.0355. The van der Waals surface area contributed by atoms with Gasteiger partial charge in [-0.2, -0.15) is 0 Å². The Labute approximate surface area is 91.0 Å². The Balaban J connectivity index is 2.91. The van der Waals surface area contributed by atoms with E-state index in [1.165, 1.54) is 25.1 Å². The molecule has 0 fully saturated rings. The van der Waals surface area contributed by atoms with Gasteiger partial charge in [-0.05, 0) is 19.1 Å². The molecule has 5 heteroatoms. The summed E-state index contributed by atoms with van der Waals surface area (Å²) in [5.41, 5.74) is -0.0355. The second-order valence-electron chi connectivity index (χ2n) is 2.70. The molecule has 76 valence electrons. The number of alkyl halides is 1. The molecule has 0 heterocycles. The number of carbonyl (C=O) groups is 1. The first-order chi connectivity index (χ1) is 6.52. The van der Waals surface area contributed by atoms with Crippen LogP contribution in [-0.4, -0.2) is 11.3 Å². The maximum absolute atomic E-state index is 13.1. The van der Waals surface area contributed by atoms with Crippen LogP contribution in [0.25, 0.3) is 0 Å². The number of para-hydroxylation sites is 1. The van der Waals surface area contributed by atoms with Crippen molar-refractivity contribution in [2.75, 3.05) is 5.32 Å². The molecule has 1 aromatic rings. The van der Waals surface area contributed by atoms with E-state index in [-0.39, 0.29) is 10.7 Å². The Hall–Kier alpha value is -0.800. The lowest BCUT2D eigenvalue weighted by molar-refractivity contribution is -0.115. The number of hydrogen-bond acceptors (Lipinski definition) is 1. The van der Waals surface area contributed by atoms with Gasteiger partial charge in [-0.15, -0.1) is 11.6 Å². The summed E-state index contributed by atoms with van der Waals surface area (Å²) in [7, 11) is 0. The highest BCUT2D eigenvalue weighted by Gasteiger charge is 2.13. The van der Waals surface area contributed by atoms with Crippen molar-refractivity contribution in [2.24, 2.45) is 0 Å². The first-order valence-corrected chi connectivity index (χ1v) is 4.72. The van der Waals surface area contributed by atoms with Gasteiger partial charge in [0.2, 0.25) is 5.91 Å². The van der Waals surface area contributed by atoms with Crippen molar-refractivity contribution >= 4 is 34.8 Å². The minimum atomic E-state index is -0.731. The van der Waals surface area contributed by atoms with E-state index < -0.39 is 17.1 Å². The Kier molecular flexibility index (Phi) is 3.72. The van der Waals surface area contributed by atoms with Gasteiger partial charge in [0.05, 0.1) is 10.7 Å². The molecular formula is C9H8Cl2FNO. The van der Waals surface area contributed by atoms with Crippen molar-refractivity contribution in [2.45, 2.75) is 12.3 Å². The van der Waals surface area contributed by atoms with Crippen LogP contribution in [0.2, 0.25) is 5.02 Å². The zero-order chi connectivity index (χ0) is 10.7. The van der Waals surface area contributed by atoms with E-state index in [4.69, 9.17) is 23.2 Å². The van der Waals surface area contributed by atoms with E-state index >= 15 is 0 Å². The fourth-order valence-electron chi connectivity index (χ4n) is 0.840. The van der Waals surface area contributed by atoms with Crippen molar-refractivity contribution in [3.8, 4) is 0 Å². The highest BCUT2D eigenvalue weighted by molar-refractivity contribution is 6.35.